The molecular weight excluding hydrogens is 338 g/mol. The van der Waals surface area contributed by atoms with Crippen molar-refractivity contribution < 1.29 is 9.59 Å². The summed E-state index contributed by atoms with van der Waals surface area (Å²) < 4.78 is 0. The van der Waals surface area contributed by atoms with Crippen molar-refractivity contribution in [3.8, 4) is 0 Å². The number of halogens is 1. The third-order valence-electron chi connectivity index (χ3n) is 5.22. The van der Waals surface area contributed by atoms with E-state index >= 15 is 0 Å². The maximum absolute atomic E-state index is 12.4. The molecule has 0 unspecified atom stereocenters. The first-order chi connectivity index (χ1) is 11.6. The predicted octanol–water partition coefficient (Wildman–Crippen LogP) is 2.90. The van der Waals surface area contributed by atoms with E-state index in [2.05, 4.69) is 5.32 Å². The number of anilines is 1. The van der Waals surface area contributed by atoms with Gasteiger partial charge >= 0.3 is 0 Å². The number of benzene rings is 1. The Bertz CT molecular complexity index is 597. The maximum Gasteiger partial charge on any atom is 0.240 e. The summed E-state index contributed by atoms with van der Waals surface area (Å²) in [5, 5.41) is 2.97. The lowest BCUT2D eigenvalue weighted by Gasteiger charge is -2.31. The highest BCUT2D eigenvalue weighted by molar-refractivity contribution is 5.94. The number of piperidine rings is 1. The zero-order valence-electron chi connectivity index (χ0n) is 14.6. The first-order valence-corrected chi connectivity index (χ1v) is 9.05. The van der Waals surface area contributed by atoms with Gasteiger partial charge in [0, 0.05) is 25.2 Å². The van der Waals surface area contributed by atoms with Crippen molar-refractivity contribution in [2.45, 2.75) is 63.5 Å². The fraction of sp³-hybridized carbons (Fsp3) is 0.579. The van der Waals surface area contributed by atoms with Crippen LogP contribution in [0.1, 0.15) is 56.9 Å². The maximum atomic E-state index is 12.4. The molecule has 0 atom stereocenters. The fourth-order valence-electron chi connectivity index (χ4n) is 3.64. The van der Waals surface area contributed by atoms with Gasteiger partial charge in [-0.3, -0.25) is 9.59 Å². The molecule has 2 fully saturated rings. The minimum Gasteiger partial charge on any atom is -0.350 e. The van der Waals surface area contributed by atoms with Crippen LogP contribution in [-0.2, 0) is 16.1 Å². The van der Waals surface area contributed by atoms with Crippen molar-refractivity contribution in [3.63, 3.8) is 0 Å². The Morgan fingerprint density at radius 2 is 1.76 bits per heavy atom. The average molecular weight is 366 g/mol. The van der Waals surface area contributed by atoms with Crippen LogP contribution in [0, 0.1) is 0 Å². The molecule has 3 rings (SSSR count). The molecule has 138 valence electrons. The van der Waals surface area contributed by atoms with Gasteiger partial charge in [-0.25, -0.2) is 0 Å². The Labute approximate surface area is 155 Å². The number of carbonyl (C=O) groups is 2. The molecule has 5 nitrogen and oxygen atoms in total. The highest BCUT2D eigenvalue weighted by Crippen LogP contribution is 2.26. The summed E-state index contributed by atoms with van der Waals surface area (Å²) in [6.45, 7) is 1.27. The summed E-state index contributed by atoms with van der Waals surface area (Å²) in [4.78, 5) is 26.2. The lowest BCUT2D eigenvalue weighted by molar-refractivity contribution is -0.127. The van der Waals surface area contributed by atoms with Crippen LogP contribution in [0.4, 0.5) is 5.69 Å². The van der Waals surface area contributed by atoms with Gasteiger partial charge in [0.05, 0.1) is 5.54 Å². The number of amides is 2. The zero-order chi connectivity index (χ0) is 17.0. The zero-order valence-corrected chi connectivity index (χ0v) is 15.4. The van der Waals surface area contributed by atoms with Crippen molar-refractivity contribution in [1.82, 2.24) is 5.32 Å². The third-order valence-corrected chi connectivity index (χ3v) is 5.22. The van der Waals surface area contributed by atoms with Crippen molar-refractivity contribution in [2.75, 3.05) is 11.4 Å². The van der Waals surface area contributed by atoms with Crippen molar-refractivity contribution >= 4 is 29.9 Å². The monoisotopic (exact) mass is 365 g/mol. The molecule has 1 saturated heterocycles. The quantitative estimate of drug-likeness (QED) is 0.861. The standard InChI is InChI=1S/C19H27N3O2.ClH/c20-19(11-3-1-4-12-19)18(24)21-14-15-7-9-16(10-8-15)22-13-5-2-6-17(22)23;/h7-10H,1-6,11-14,20H2,(H,21,24);1H. The molecule has 1 aromatic carbocycles. The Balaban J connectivity index is 0.00000225. The molecule has 2 aliphatic rings. The summed E-state index contributed by atoms with van der Waals surface area (Å²) in [6, 6.07) is 7.87. The molecule has 25 heavy (non-hydrogen) atoms. The fourth-order valence-corrected chi connectivity index (χ4v) is 3.64. The highest BCUT2D eigenvalue weighted by atomic mass is 35.5. The van der Waals surface area contributed by atoms with Crippen molar-refractivity contribution in [3.05, 3.63) is 29.8 Å². The van der Waals surface area contributed by atoms with E-state index in [1.165, 1.54) is 6.42 Å². The van der Waals surface area contributed by atoms with Gasteiger partial charge in [0.1, 0.15) is 0 Å². The van der Waals surface area contributed by atoms with Crippen LogP contribution in [0.5, 0.6) is 0 Å². The van der Waals surface area contributed by atoms with Gasteiger partial charge in [-0.15, -0.1) is 12.4 Å². The summed E-state index contributed by atoms with van der Waals surface area (Å²) >= 11 is 0. The molecule has 0 spiro atoms. The van der Waals surface area contributed by atoms with E-state index in [1.54, 1.807) is 0 Å². The third kappa shape index (κ3) is 4.73. The second-order valence-corrected chi connectivity index (χ2v) is 7.07. The summed E-state index contributed by atoms with van der Waals surface area (Å²) in [6.07, 6.45) is 7.45. The van der Waals surface area contributed by atoms with Crippen LogP contribution in [-0.4, -0.2) is 23.9 Å². The first-order valence-electron chi connectivity index (χ1n) is 9.05. The normalized spacial score (nSPS) is 19.9. The number of hydrogen-bond donors (Lipinski definition) is 2. The number of nitrogens with one attached hydrogen (secondary N) is 1. The van der Waals surface area contributed by atoms with Crippen LogP contribution in [0.25, 0.3) is 0 Å². The lowest BCUT2D eigenvalue weighted by Crippen LogP contribution is -2.54. The van der Waals surface area contributed by atoms with E-state index in [0.29, 0.717) is 13.0 Å². The molecular formula is C19H28ClN3O2. The van der Waals surface area contributed by atoms with Crippen LogP contribution >= 0.6 is 12.4 Å². The topological polar surface area (TPSA) is 75.4 Å². The summed E-state index contributed by atoms with van der Waals surface area (Å²) in [5.74, 6) is 0.155. The van der Waals surface area contributed by atoms with Gasteiger partial charge in [0.25, 0.3) is 0 Å². The number of hydrogen-bond acceptors (Lipinski definition) is 3. The lowest BCUT2D eigenvalue weighted by atomic mass is 9.82. The van der Waals surface area contributed by atoms with Crippen LogP contribution in [0.2, 0.25) is 0 Å². The molecule has 0 aromatic heterocycles. The van der Waals surface area contributed by atoms with E-state index in [0.717, 1.165) is 56.3 Å². The molecule has 1 aromatic rings. The molecule has 0 bridgehead atoms. The van der Waals surface area contributed by atoms with Gasteiger partial charge in [0.2, 0.25) is 11.8 Å². The number of rotatable bonds is 4. The minimum absolute atomic E-state index is 0. The number of nitrogens with two attached hydrogens (primary N) is 1. The molecule has 2 amide bonds. The molecule has 1 heterocycles. The van der Waals surface area contributed by atoms with E-state index in [-0.39, 0.29) is 24.2 Å². The Hall–Kier alpha value is -1.59. The van der Waals surface area contributed by atoms with Gasteiger partial charge in [-0.1, -0.05) is 31.4 Å². The van der Waals surface area contributed by atoms with Crippen LogP contribution < -0.4 is 16.0 Å². The van der Waals surface area contributed by atoms with E-state index in [1.807, 2.05) is 29.2 Å². The predicted molar refractivity (Wildman–Crippen MR) is 102 cm³/mol. The Morgan fingerprint density at radius 1 is 1.08 bits per heavy atom. The molecule has 1 saturated carbocycles. The Kier molecular flexibility index (Phi) is 6.85. The van der Waals surface area contributed by atoms with Crippen LogP contribution in [0.15, 0.2) is 24.3 Å². The number of nitrogens with zero attached hydrogens (tertiary/aromatic N) is 1. The van der Waals surface area contributed by atoms with Gasteiger partial charge in [-0.05, 0) is 43.4 Å². The molecule has 6 heteroatoms. The van der Waals surface area contributed by atoms with E-state index in [9.17, 15) is 9.59 Å². The molecule has 3 N–H and O–H groups in total. The highest BCUT2D eigenvalue weighted by Gasteiger charge is 2.34. The first kappa shape index (κ1) is 19.7. The van der Waals surface area contributed by atoms with Gasteiger partial charge < -0.3 is 16.0 Å². The van der Waals surface area contributed by atoms with Crippen molar-refractivity contribution in [2.24, 2.45) is 5.73 Å². The average Bonchev–Trinajstić information content (AvgIpc) is 2.61. The molecule has 1 aliphatic carbocycles. The smallest absolute Gasteiger partial charge is 0.240 e. The molecule has 1 aliphatic heterocycles. The van der Waals surface area contributed by atoms with E-state index in [4.69, 9.17) is 5.73 Å². The second-order valence-electron chi connectivity index (χ2n) is 7.07. The second kappa shape index (κ2) is 8.68. The molecule has 0 radical (unpaired) electrons. The van der Waals surface area contributed by atoms with Gasteiger partial charge in [0.15, 0.2) is 0 Å². The van der Waals surface area contributed by atoms with Crippen molar-refractivity contribution in [1.29, 1.82) is 0 Å². The minimum atomic E-state index is -0.696. The Morgan fingerprint density at radius 3 is 2.40 bits per heavy atom. The summed E-state index contributed by atoms with van der Waals surface area (Å²) in [5.41, 5.74) is 7.52. The summed E-state index contributed by atoms with van der Waals surface area (Å²) in [7, 11) is 0. The largest absolute Gasteiger partial charge is 0.350 e. The van der Waals surface area contributed by atoms with E-state index < -0.39 is 5.54 Å². The number of carbonyl (C=O) groups excluding carboxylic acids is 2. The van der Waals surface area contributed by atoms with Gasteiger partial charge in [-0.2, -0.15) is 0 Å². The SMILES string of the molecule is Cl.NC1(C(=O)NCc2ccc(N3CCCCC3=O)cc2)CCCCC1. The van der Waals surface area contributed by atoms with Crippen LogP contribution in [0.3, 0.4) is 0 Å².